The van der Waals surface area contributed by atoms with Crippen LogP contribution in [0.1, 0.15) is 10.4 Å². The number of aromatic hydroxyl groups is 1. The third-order valence-electron chi connectivity index (χ3n) is 3.85. The SMILES string of the molecule is O=C(Nc1ccc2cccc(S(=O)(=O)O)c2c1O)c1ccc([N+](=O)[O-])cc1. The average molecular weight is 388 g/mol. The quantitative estimate of drug-likeness (QED) is 0.269. The summed E-state index contributed by atoms with van der Waals surface area (Å²) in [5.74, 6) is -1.19. The molecule has 0 aliphatic rings. The Morgan fingerprint density at radius 2 is 1.70 bits per heavy atom. The van der Waals surface area contributed by atoms with Gasteiger partial charge in [0.25, 0.3) is 21.7 Å². The Bertz CT molecular complexity index is 1170. The van der Waals surface area contributed by atoms with Crippen molar-refractivity contribution in [2.24, 2.45) is 0 Å². The van der Waals surface area contributed by atoms with Gasteiger partial charge >= 0.3 is 0 Å². The summed E-state index contributed by atoms with van der Waals surface area (Å²) in [6.45, 7) is 0. The standard InChI is InChI=1S/C17H12N2O7S/c20-16-13(18-17(21)11-4-7-12(8-5-11)19(22)23)9-6-10-2-1-3-14(15(10)16)27(24,25)26/h1-9,20H,(H,18,21)(H,24,25,26). The zero-order valence-electron chi connectivity index (χ0n) is 13.5. The minimum absolute atomic E-state index is 0.0815. The van der Waals surface area contributed by atoms with E-state index < -0.39 is 31.6 Å². The second kappa shape index (κ2) is 6.67. The molecule has 27 heavy (non-hydrogen) atoms. The summed E-state index contributed by atoms with van der Waals surface area (Å²) in [6.07, 6.45) is 0. The van der Waals surface area contributed by atoms with Crippen molar-refractivity contribution in [3.05, 3.63) is 70.3 Å². The molecule has 10 heteroatoms. The Kier molecular flexibility index (Phi) is 4.52. The van der Waals surface area contributed by atoms with Crippen molar-refractivity contribution in [3.63, 3.8) is 0 Å². The smallest absolute Gasteiger partial charge is 0.295 e. The Hall–Kier alpha value is -3.50. The van der Waals surface area contributed by atoms with Crippen molar-refractivity contribution < 1.29 is 27.8 Å². The van der Waals surface area contributed by atoms with Gasteiger partial charge in [-0.05, 0) is 29.7 Å². The van der Waals surface area contributed by atoms with Gasteiger partial charge in [-0.1, -0.05) is 18.2 Å². The van der Waals surface area contributed by atoms with Crippen LogP contribution in [0.5, 0.6) is 5.75 Å². The summed E-state index contributed by atoms with van der Waals surface area (Å²) in [7, 11) is -4.60. The first-order valence-corrected chi connectivity index (χ1v) is 8.90. The van der Waals surface area contributed by atoms with E-state index in [1.165, 1.54) is 36.4 Å². The number of rotatable bonds is 4. The second-order valence-electron chi connectivity index (χ2n) is 5.55. The Morgan fingerprint density at radius 1 is 1.04 bits per heavy atom. The minimum atomic E-state index is -4.60. The highest BCUT2D eigenvalue weighted by molar-refractivity contribution is 7.86. The van der Waals surface area contributed by atoms with Crippen LogP contribution in [0, 0.1) is 10.1 Å². The summed E-state index contributed by atoms with van der Waals surface area (Å²) < 4.78 is 32.4. The number of fused-ring (bicyclic) bond motifs is 1. The Morgan fingerprint density at radius 3 is 2.30 bits per heavy atom. The number of non-ortho nitro benzene ring substituents is 1. The lowest BCUT2D eigenvalue weighted by Crippen LogP contribution is -2.12. The molecule has 0 aliphatic carbocycles. The number of nitro benzene ring substituents is 1. The fraction of sp³-hybridized carbons (Fsp3) is 0. The number of hydrogen-bond acceptors (Lipinski definition) is 6. The Labute approximate surface area is 152 Å². The lowest BCUT2D eigenvalue weighted by Gasteiger charge is -2.12. The molecule has 0 atom stereocenters. The van der Waals surface area contributed by atoms with E-state index in [1.54, 1.807) is 0 Å². The highest BCUT2D eigenvalue weighted by Crippen LogP contribution is 2.37. The van der Waals surface area contributed by atoms with Crippen molar-refractivity contribution in [1.29, 1.82) is 0 Å². The van der Waals surface area contributed by atoms with Crippen molar-refractivity contribution in [2.75, 3.05) is 5.32 Å². The fourth-order valence-electron chi connectivity index (χ4n) is 2.57. The third kappa shape index (κ3) is 3.57. The first kappa shape index (κ1) is 18.3. The summed E-state index contributed by atoms with van der Waals surface area (Å²) >= 11 is 0. The molecule has 0 aromatic heterocycles. The van der Waals surface area contributed by atoms with Crippen LogP contribution in [0.3, 0.4) is 0 Å². The van der Waals surface area contributed by atoms with E-state index in [1.807, 2.05) is 0 Å². The molecule has 0 unspecified atom stereocenters. The topological polar surface area (TPSA) is 147 Å². The molecule has 3 aromatic carbocycles. The van der Waals surface area contributed by atoms with Crippen LogP contribution in [0.4, 0.5) is 11.4 Å². The predicted molar refractivity (Wildman–Crippen MR) is 96.5 cm³/mol. The van der Waals surface area contributed by atoms with E-state index in [-0.39, 0.29) is 22.3 Å². The largest absolute Gasteiger partial charge is 0.505 e. The lowest BCUT2D eigenvalue weighted by molar-refractivity contribution is -0.384. The number of carbonyl (C=O) groups is 1. The molecule has 3 aromatic rings. The van der Waals surface area contributed by atoms with Gasteiger partial charge in [0.15, 0.2) is 0 Å². The van der Waals surface area contributed by atoms with Crippen molar-refractivity contribution in [3.8, 4) is 5.75 Å². The van der Waals surface area contributed by atoms with Crippen LogP contribution in [0.15, 0.2) is 59.5 Å². The third-order valence-corrected chi connectivity index (χ3v) is 4.74. The molecule has 0 saturated carbocycles. The predicted octanol–water partition coefficient (Wildman–Crippen LogP) is 2.95. The molecular formula is C17H12N2O7S. The van der Waals surface area contributed by atoms with E-state index in [9.17, 15) is 33.0 Å². The van der Waals surface area contributed by atoms with E-state index in [0.717, 1.165) is 18.2 Å². The van der Waals surface area contributed by atoms with Crippen molar-refractivity contribution in [1.82, 2.24) is 0 Å². The van der Waals surface area contributed by atoms with Gasteiger partial charge in [-0.3, -0.25) is 19.5 Å². The van der Waals surface area contributed by atoms with Gasteiger partial charge in [0.05, 0.1) is 10.6 Å². The monoisotopic (exact) mass is 388 g/mol. The van der Waals surface area contributed by atoms with Crippen molar-refractivity contribution >= 4 is 38.2 Å². The van der Waals surface area contributed by atoms with Crippen LogP contribution in [-0.2, 0) is 10.1 Å². The molecule has 0 bridgehead atoms. The zero-order valence-corrected chi connectivity index (χ0v) is 14.3. The lowest BCUT2D eigenvalue weighted by atomic mass is 10.1. The highest BCUT2D eigenvalue weighted by atomic mass is 32.2. The number of amides is 1. The van der Waals surface area contributed by atoms with Gasteiger partial charge in [0, 0.05) is 23.1 Å². The average Bonchev–Trinajstić information content (AvgIpc) is 2.63. The first-order valence-electron chi connectivity index (χ1n) is 7.46. The molecular weight excluding hydrogens is 376 g/mol. The second-order valence-corrected chi connectivity index (χ2v) is 6.94. The summed E-state index contributed by atoms with van der Waals surface area (Å²) in [5, 5.41) is 23.7. The molecule has 9 nitrogen and oxygen atoms in total. The molecule has 0 saturated heterocycles. The molecule has 138 valence electrons. The van der Waals surface area contributed by atoms with Gasteiger partial charge in [0.1, 0.15) is 10.6 Å². The molecule has 3 rings (SSSR count). The maximum atomic E-state index is 12.3. The van der Waals surface area contributed by atoms with Gasteiger partial charge in [-0.25, -0.2) is 0 Å². The van der Waals surface area contributed by atoms with Gasteiger partial charge in [-0.15, -0.1) is 0 Å². The molecule has 0 heterocycles. The number of nitrogens with zero attached hydrogens (tertiary/aromatic N) is 1. The highest BCUT2D eigenvalue weighted by Gasteiger charge is 2.19. The first-order chi connectivity index (χ1) is 12.7. The summed E-state index contributed by atoms with van der Waals surface area (Å²) in [6, 6.07) is 11.7. The van der Waals surface area contributed by atoms with Gasteiger partial charge < -0.3 is 10.4 Å². The summed E-state index contributed by atoms with van der Waals surface area (Å²) in [4.78, 5) is 21.9. The number of phenols is 1. The molecule has 1 amide bonds. The number of nitrogens with one attached hydrogen (secondary N) is 1. The fourth-order valence-corrected chi connectivity index (χ4v) is 3.29. The number of carbonyl (C=O) groups excluding carboxylic acids is 1. The number of phenolic OH excluding ortho intramolecular Hbond substituents is 1. The van der Waals surface area contributed by atoms with Gasteiger partial charge in [-0.2, -0.15) is 8.42 Å². The number of benzene rings is 3. The molecule has 0 spiro atoms. The molecule has 0 fully saturated rings. The van der Waals surface area contributed by atoms with E-state index in [2.05, 4.69) is 5.32 Å². The molecule has 3 N–H and O–H groups in total. The number of nitro groups is 1. The Balaban J connectivity index is 2.01. The maximum absolute atomic E-state index is 12.3. The van der Waals surface area contributed by atoms with Crippen LogP contribution >= 0.6 is 0 Å². The maximum Gasteiger partial charge on any atom is 0.295 e. The van der Waals surface area contributed by atoms with Crippen molar-refractivity contribution in [2.45, 2.75) is 4.90 Å². The van der Waals surface area contributed by atoms with E-state index >= 15 is 0 Å². The minimum Gasteiger partial charge on any atom is -0.505 e. The number of hydrogen-bond donors (Lipinski definition) is 3. The van der Waals surface area contributed by atoms with Crippen LogP contribution in [-0.4, -0.2) is 28.9 Å². The normalized spacial score (nSPS) is 11.3. The van der Waals surface area contributed by atoms with E-state index in [4.69, 9.17) is 0 Å². The summed E-state index contributed by atoms with van der Waals surface area (Å²) in [5.41, 5.74) is -0.164. The van der Waals surface area contributed by atoms with E-state index in [0.29, 0.717) is 5.39 Å². The molecule has 0 radical (unpaired) electrons. The van der Waals surface area contributed by atoms with Gasteiger partial charge in [0.2, 0.25) is 0 Å². The van der Waals surface area contributed by atoms with Crippen LogP contribution in [0.2, 0.25) is 0 Å². The van der Waals surface area contributed by atoms with Crippen LogP contribution in [0.25, 0.3) is 10.8 Å². The zero-order chi connectivity index (χ0) is 19.8. The number of anilines is 1. The molecule has 0 aliphatic heterocycles. The van der Waals surface area contributed by atoms with Crippen LogP contribution < -0.4 is 5.32 Å².